The molecule has 1 aliphatic rings. The van der Waals surface area contributed by atoms with Crippen LogP contribution in [0.2, 0.25) is 0 Å². The number of hydrogen-bond donors (Lipinski definition) is 0. The Labute approximate surface area is 117 Å². The highest BCUT2D eigenvalue weighted by molar-refractivity contribution is 5.83. The molecule has 19 heavy (non-hydrogen) atoms. The fourth-order valence-electron chi connectivity index (χ4n) is 2.07. The molecule has 0 spiro atoms. The summed E-state index contributed by atoms with van der Waals surface area (Å²) in [7, 11) is 0. The Morgan fingerprint density at radius 3 is 2.58 bits per heavy atom. The maximum absolute atomic E-state index is 10.5. The minimum absolute atomic E-state index is 0.577. The van der Waals surface area contributed by atoms with E-state index in [0.717, 1.165) is 31.5 Å². The molecule has 0 aliphatic heterocycles. The van der Waals surface area contributed by atoms with E-state index in [0.29, 0.717) is 24.3 Å². The predicted octanol–water partition coefficient (Wildman–Crippen LogP) is 3.13. The number of carbonyl (C=O) groups is 1. The van der Waals surface area contributed by atoms with Crippen molar-refractivity contribution >= 4 is 18.8 Å². The van der Waals surface area contributed by atoms with Crippen LogP contribution in [0.5, 0.6) is 0 Å². The van der Waals surface area contributed by atoms with Crippen LogP contribution in [0.4, 0.5) is 0 Å². The van der Waals surface area contributed by atoms with Gasteiger partial charge in [-0.3, -0.25) is 0 Å². The maximum atomic E-state index is 10.5. The molecule has 1 fully saturated rings. The molecule has 0 amide bonds. The van der Waals surface area contributed by atoms with Gasteiger partial charge in [0.05, 0.1) is 0 Å². The van der Waals surface area contributed by atoms with Crippen LogP contribution in [-0.2, 0) is 4.79 Å². The molecular formula is C15H27N3O. The van der Waals surface area contributed by atoms with Crippen LogP contribution in [0.1, 0.15) is 52.9 Å². The highest BCUT2D eigenvalue weighted by Crippen LogP contribution is 2.29. The molecule has 0 bridgehead atoms. The van der Waals surface area contributed by atoms with Gasteiger partial charge >= 0.3 is 0 Å². The SMILES string of the molecule is C=N/N=C(/CC(C)C(C)C)N(CCCC=O)C1CC1. The van der Waals surface area contributed by atoms with Crippen LogP contribution >= 0.6 is 0 Å². The van der Waals surface area contributed by atoms with Crippen molar-refractivity contribution in [2.75, 3.05) is 6.54 Å². The second kappa shape index (κ2) is 8.08. The van der Waals surface area contributed by atoms with Crippen molar-refractivity contribution in [3.63, 3.8) is 0 Å². The molecule has 0 aromatic carbocycles. The first kappa shape index (κ1) is 15.9. The number of carbonyl (C=O) groups excluding carboxylic acids is 1. The molecular weight excluding hydrogens is 238 g/mol. The lowest BCUT2D eigenvalue weighted by molar-refractivity contribution is -0.107. The van der Waals surface area contributed by atoms with E-state index in [1.807, 2.05) is 0 Å². The van der Waals surface area contributed by atoms with Crippen LogP contribution < -0.4 is 0 Å². The number of aldehydes is 1. The summed E-state index contributed by atoms with van der Waals surface area (Å²) in [4.78, 5) is 12.8. The molecule has 108 valence electrons. The fraction of sp³-hybridized carbons (Fsp3) is 0.800. The van der Waals surface area contributed by atoms with E-state index in [1.54, 1.807) is 0 Å². The van der Waals surface area contributed by atoms with Crippen molar-refractivity contribution in [2.24, 2.45) is 22.0 Å². The summed E-state index contributed by atoms with van der Waals surface area (Å²) < 4.78 is 0. The Kier molecular flexibility index (Phi) is 6.74. The number of hydrogen-bond acceptors (Lipinski definition) is 3. The lowest BCUT2D eigenvalue weighted by Crippen LogP contribution is -2.35. The molecule has 4 heteroatoms. The molecule has 1 aliphatic carbocycles. The molecule has 1 saturated carbocycles. The third-order valence-corrected chi connectivity index (χ3v) is 3.87. The van der Waals surface area contributed by atoms with Gasteiger partial charge < -0.3 is 9.69 Å². The highest BCUT2D eigenvalue weighted by Gasteiger charge is 2.31. The first-order valence-electron chi connectivity index (χ1n) is 7.33. The summed E-state index contributed by atoms with van der Waals surface area (Å²) >= 11 is 0. The summed E-state index contributed by atoms with van der Waals surface area (Å²) in [5.41, 5.74) is 0. The second-order valence-electron chi connectivity index (χ2n) is 5.82. The average molecular weight is 265 g/mol. The molecule has 0 radical (unpaired) electrons. The molecule has 0 aromatic rings. The van der Waals surface area contributed by atoms with Crippen LogP contribution in [0.25, 0.3) is 0 Å². The van der Waals surface area contributed by atoms with Crippen LogP contribution in [0, 0.1) is 11.8 Å². The van der Waals surface area contributed by atoms with Crippen molar-refractivity contribution in [3.05, 3.63) is 0 Å². The lowest BCUT2D eigenvalue weighted by atomic mass is 9.94. The standard InChI is InChI=1S/C15H27N3O/c1-12(2)13(3)11-15(17-16-4)18(14-7-8-14)9-5-6-10-19/h10,12-14H,4-9,11H2,1-3H3/b17-15-. The minimum atomic E-state index is 0.577. The Morgan fingerprint density at radius 2 is 2.11 bits per heavy atom. The zero-order valence-corrected chi connectivity index (χ0v) is 12.5. The number of amidine groups is 1. The van der Waals surface area contributed by atoms with Crippen molar-refractivity contribution in [1.82, 2.24) is 4.90 Å². The minimum Gasteiger partial charge on any atom is -0.356 e. The summed E-state index contributed by atoms with van der Waals surface area (Å²) in [5, 5.41) is 7.99. The molecule has 4 nitrogen and oxygen atoms in total. The average Bonchev–Trinajstić information content (AvgIpc) is 3.18. The van der Waals surface area contributed by atoms with E-state index < -0.39 is 0 Å². The Bertz CT molecular complexity index is 321. The van der Waals surface area contributed by atoms with Gasteiger partial charge in [0.1, 0.15) is 12.1 Å². The number of unbranched alkanes of at least 4 members (excludes halogenated alkanes) is 1. The third-order valence-electron chi connectivity index (χ3n) is 3.87. The molecule has 1 rings (SSSR count). The fourth-order valence-corrected chi connectivity index (χ4v) is 2.07. The van der Waals surface area contributed by atoms with E-state index in [4.69, 9.17) is 0 Å². The second-order valence-corrected chi connectivity index (χ2v) is 5.82. The number of rotatable bonds is 9. The van der Waals surface area contributed by atoms with E-state index in [2.05, 4.69) is 42.6 Å². The molecule has 0 aromatic heterocycles. The zero-order valence-electron chi connectivity index (χ0n) is 12.5. The molecule has 1 unspecified atom stereocenters. The van der Waals surface area contributed by atoms with Crippen molar-refractivity contribution in [2.45, 2.75) is 58.9 Å². The van der Waals surface area contributed by atoms with E-state index >= 15 is 0 Å². The Balaban J connectivity index is 2.66. The van der Waals surface area contributed by atoms with Crippen LogP contribution in [0.15, 0.2) is 10.2 Å². The monoisotopic (exact) mass is 265 g/mol. The lowest BCUT2D eigenvalue weighted by Gasteiger charge is -2.28. The Morgan fingerprint density at radius 1 is 1.42 bits per heavy atom. The largest absolute Gasteiger partial charge is 0.356 e. The van der Waals surface area contributed by atoms with Gasteiger partial charge in [-0.2, -0.15) is 5.10 Å². The topological polar surface area (TPSA) is 45.0 Å². The van der Waals surface area contributed by atoms with Gasteiger partial charge in [-0.25, -0.2) is 0 Å². The first-order chi connectivity index (χ1) is 9.10. The summed E-state index contributed by atoms with van der Waals surface area (Å²) in [6, 6.07) is 0.603. The molecule has 0 N–H and O–H groups in total. The van der Waals surface area contributed by atoms with E-state index in [1.165, 1.54) is 12.8 Å². The summed E-state index contributed by atoms with van der Waals surface area (Å²) in [6.07, 6.45) is 5.91. The van der Waals surface area contributed by atoms with Gasteiger partial charge in [0.2, 0.25) is 0 Å². The van der Waals surface area contributed by atoms with Crippen molar-refractivity contribution < 1.29 is 4.79 Å². The van der Waals surface area contributed by atoms with Gasteiger partial charge in [0, 0.05) is 32.1 Å². The van der Waals surface area contributed by atoms with Crippen molar-refractivity contribution in [1.29, 1.82) is 0 Å². The summed E-state index contributed by atoms with van der Waals surface area (Å²) in [6.45, 7) is 11.1. The summed E-state index contributed by atoms with van der Waals surface area (Å²) in [5.74, 6) is 2.25. The van der Waals surface area contributed by atoms with E-state index in [-0.39, 0.29) is 0 Å². The predicted molar refractivity (Wildman–Crippen MR) is 80.6 cm³/mol. The van der Waals surface area contributed by atoms with Crippen LogP contribution in [0.3, 0.4) is 0 Å². The molecule has 0 heterocycles. The Hall–Kier alpha value is -1.19. The van der Waals surface area contributed by atoms with Crippen molar-refractivity contribution in [3.8, 4) is 0 Å². The number of nitrogens with zero attached hydrogens (tertiary/aromatic N) is 3. The maximum Gasteiger partial charge on any atom is 0.128 e. The normalized spacial score (nSPS) is 17.4. The highest BCUT2D eigenvalue weighted by atomic mass is 16.1. The third kappa shape index (κ3) is 5.53. The van der Waals surface area contributed by atoms with Gasteiger partial charge in [-0.05, 0) is 31.1 Å². The van der Waals surface area contributed by atoms with Crippen LogP contribution in [-0.4, -0.2) is 36.3 Å². The molecule has 1 atom stereocenters. The van der Waals surface area contributed by atoms with Gasteiger partial charge in [0.15, 0.2) is 0 Å². The smallest absolute Gasteiger partial charge is 0.128 e. The van der Waals surface area contributed by atoms with E-state index in [9.17, 15) is 4.79 Å². The van der Waals surface area contributed by atoms with Gasteiger partial charge in [0.25, 0.3) is 0 Å². The zero-order chi connectivity index (χ0) is 14.3. The van der Waals surface area contributed by atoms with Gasteiger partial charge in [-0.15, -0.1) is 5.10 Å². The molecule has 0 saturated heterocycles. The van der Waals surface area contributed by atoms with Gasteiger partial charge in [-0.1, -0.05) is 20.8 Å². The quantitative estimate of drug-likeness (QED) is 0.211. The first-order valence-corrected chi connectivity index (χ1v) is 7.33.